The van der Waals surface area contributed by atoms with Crippen molar-refractivity contribution in [2.45, 2.75) is 20.8 Å². The Kier molecular flexibility index (Phi) is 7.37. The molecule has 0 radical (unpaired) electrons. The third-order valence-corrected chi connectivity index (χ3v) is 3.91. The van der Waals surface area contributed by atoms with E-state index in [0.717, 1.165) is 6.41 Å². The number of piperazine rings is 1. The fraction of sp³-hybridized carbons (Fsp3) is 0.556. The summed E-state index contributed by atoms with van der Waals surface area (Å²) in [4.78, 5) is 26.6. The van der Waals surface area contributed by atoms with Gasteiger partial charge in [-0.2, -0.15) is 0 Å². The number of nitrogens with one attached hydrogen (secondary N) is 1. The third-order valence-electron chi connectivity index (χ3n) is 3.91. The predicted molar refractivity (Wildman–Crippen MR) is 98.2 cm³/mol. The smallest absolute Gasteiger partial charge is 0.321 e. The summed E-state index contributed by atoms with van der Waals surface area (Å²) in [5.74, 6) is 1.59. The van der Waals surface area contributed by atoms with Crippen LogP contribution >= 0.6 is 0 Å². The quantitative estimate of drug-likeness (QED) is 0.714. The zero-order valence-electron chi connectivity index (χ0n) is 15.6. The normalized spacial score (nSPS) is 14.0. The molecular formula is C18H27N3O5. The monoisotopic (exact) mass is 365 g/mol. The minimum atomic E-state index is -0.218. The first-order chi connectivity index (χ1) is 12.6. The first-order valence-corrected chi connectivity index (χ1v) is 8.94. The third kappa shape index (κ3) is 4.93. The van der Waals surface area contributed by atoms with Crippen LogP contribution in [-0.2, 0) is 4.79 Å². The van der Waals surface area contributed by atoms with E-state index in [0.29, 0.717) is 68.9 Å². The van der Waals surface area contributed by atoms with Gasteiger partial charge in [0.25, 0.3) is 0 Å². The molecule has 1 aliphatic heterocycles. The summed E-state index contributed by atoms with van der Waals surface area (Å²) in [6, 6.07) is 3.25. The van der Waals surface area contributed by atoms with Crippen molar-refractivity contribution in [3.8, 4) is 17.2 Å². The van der Waals surface area contributed by atoms with Gasteiger partial charge in [-0.3, -0.25) is 4.79 Å². The summed E-state index contributed by atoms with van der Waals surface area (Å²) in [6.45, 7) is 9.14. The number of amides is 3. The van der Waals surface area contributed by atoms with Gasteiger partial charge in [-0.25, -0.2) is 4.79 Å². The van der Waals surface area contributed by atoms with E-state index in [2.05, 4.69) is 5.32 Å². The van der Waals surface area contributed by atoms with E-state index in [1.807, 2.05) is 20.8 Å². The molecule has 1 aromatic rings. The average Bonchev–Trinajstić information content (AvgIpc) is 2.65. The number of urea groups is 1. The van der Waals surface area contributed by atoms with Crippen molar-refractivity contribution in [1.82, 2.24) is 9.80 Å². The van der Waals surface area contributed by atoms with Crippen LogP contribution in [0.1, 0.15) is 20.8 Å². The molecule has 1 aliphatic rings. The first-order valence-electron chi connectivity index (χ1n) is 8.94. The van der Waals surface area contributed by atoms with Gasteiger partial charge in [0.2, 0.25) is 12.2 Å². The van der Waals surface area contributed by atoms with Crippen LogP contribution in [-0.4, -0.2) is 68.2 Å². The Hall–Kier alpha value is -2.64. The highest BCUT2D eigenvalue weighted by Crippen LogP contribution is 2.40. The number of carbonyl (C=O) groups is 2. The Bertz CT molecular complexity index is 588. The molecule has 0 saturated carbocycles. The SMILES string of the molecule is CCOc1cc(NC(=O)N2CCN(C=O)CC2)cc(OCC)c1OCC. The minimum Gasteiger partial charge on any atom is -0.490 e. The van der Waals surface area contributed by atoms with E-state index in [1.165, 1.54) is 0 Å². The van der Waals surface area contributed by atoms with E-state index in [9.17, 15) is 9.59 Å². The van der Waals surface area contributed by atoms with Crippen LogP contribution in [0, 0.1) is 0 Å². The van der Waals surface area contributed by atoms with Gasteiger partial charge in [-0.15, -0.1) is 0 Å². The largest absolute Gasteiger partial charge is 0.490 e. The molecule has 0 aliphatic carbocycles. The lowest BCUT2D eigenvalue weighted by Crippen LogP contribution is -2.49. The second-order valence-electron chi connectivity index (χ2n) is 5.66. The molecule has 0 aromatic heterocycles. The van der Waals surface area contributed by atoms with Gasteiger partial charge in [0.15, 0.2) is 11.5 Å². The maximum Gasteiger partial charge on any atom is 0.321 e. The maximum atomic E-state index is 12.5. The molecule has 1 fully saturated rings. The van der Waals surface area contributed by atoms with Gasteiger partial charge >= 0.3 is 6.03 Å². The van der Waals surface area contributed by atoms with Crippen molar-refractivity contribution < 1.29 is 23.8 Å². The number of hydrogen-bond donors (Lipinski definition) is 1. The molecule has 26 heavy (non-hydrogen) atoms. The number of benzene rings is 1. The highest BCUT2D eigenvalue weighted by Gasteiger charge is 2.22. The zero-order chi connectivity index (χ0) is 18.9. The van der Waals surface area contributed by atoms with E-state index in [4.69, 9.17) is 14.2 Å². The molecule has 144 valence electrons. The van der Waals surface area contributed by atoms with Crippen LogP contribution < -0.4 is 19.5 Å². The Labute approximate surface area is 154 Å². The number of carbonyl (C=O) groups excluding carboxylic acids is 2. The van der Waals surface area contributed by atoms with Crippen LogP contribution in [0.15, 0.2) is 12.1 Å². The number of rotatable bonds is 8. The molecule has 8 heteroatoms. The van der Waals surface area contributed by atoms with Gasteiger partial charge in [0.1, 0.15) is 0 Å². The van der Waals surface area contributed by atoms with Crippen molar-refractivity contribution in [1.29, 1.82) is 0 Å². The predicted octanol–water partition coefficient (Wildman–Crippen LogP) is 2.19. The molecule has 0 bridgehead atoms. The molecule has 0 atom stereocenters. The lowest BCUT2D eigenvalue weighted by molar-refractivity contribution is -0.119. The van der Waals surface area contributed by atoms with Crippen molar-refractivity contribution in [2.75, 3.05) is 51.3 Å². The van der Waals surface area contributed by atoms with Crippen LogP contribution in [0.5, 0.6) is 17.2 Å². The maximum absolute atomic E-state index is 12.5. The number of hydrogen-bond acceptors (Lipinski definition) is 5. The number of ether oxygens (including phenoxy) is 3. The molecule has 1 heterocycles. The standard InChI is InChI=1S/C18H27N3O5/c1-4-24-15-11-14(12-16(25-5-2)17(15)26-6-3)19-18(23)21-9-7-20(13-22)8-10-21/h11-13H,4-10H2,1-3H3,(H,19,23). The van der Waals surface area contributed by atoms with Crippen molar-refractivity contribution in [2.24, 2.45) is 0 Å². The lowest BCUT2D eigenvalue weighted by atomic mass is 10.2. The molecule has 3 amide bonds. The summed E-state index contributed by atoms with van der Waals surface area (Å²) < 4.78 is 17.0. The van der Waals surface area contributed by atoms with Crippen LogP contribution in [0.2, 0.25) is 0 Å². The Morgan fingerprint density at radius 3 is 2.00 bits per heavy atom. The summed E-state index contributed by atoms with van der Waals surface area (Å²) in [5, 5.41) is 2.88. The minimum absolute atomic E-state index is 0.218. The Morgan fingerprint density at radius 2 is 1.54 bits per heavy atom. The molecule has 1 saturated heterocycles. The van der Waals surface area contributed by atoms with E-state index in [-0.39, 0.29) is 6.03 Å². The van der Waals surface area contributed by atoms with Gasteiger partial charge in [-0.05, 0) is 20.8 Å². The van der Waals surface area contributed by atoms with Gasteiger partial charge in [-0.1, -0.05) is 0 Å². The number of nitrogens with zero attached hydrogens (tertiary/aromatic N) is 2. The molecule has 1 N–H and O–H groups in total. The molecular weight excluding hydrogens is 338 g/mol. The van der Waals surface area contributed by atoms with Crippen molar-refractivity contribution >= 4 is 18.1 Å². The summed E-state index contributed by atoms with van der Waals surface area (Å²) >= 11 is 0. The van der Waals surface area contributed by atoms with Gasteiger partial charge in [0.05, 0.1) is 25.5 Å². The first kappa shape index (κ1) is 19.7. The highest BCUT2D eigenvalue weighted by molar-refractivity contribution is 5.90. The Morgan fingerprint density at radius 1 is 1.00 bits per heavy atom. The lowest BCUT2D eigenvalue weighted by Gasteiger charge is -2.32. The molecule has 0 unspecified atom stereocenters. The van der Waals surface area contributed by atoms with E-state index >= 15 is 0 Å². The van der Waals surface area contributed by atoms with Crippen molar-refractivity contribution in [3.05, 3.63) is 12.1 Å². The second kappa shape index (κ2) is 9.74. The van der Waals surface area contributed by atoms with Crippen LogP contribution in [0.3, 0.4) is 0 Å². The van der Waals surface area contributed by atoms with Gasteiger partial charge < -0.3 is 29.3 Å². The Balaban J connectivity index is 2.17. The van der Waals surface area contributed by atoms with E-state index in [1.54, 1.807) is 21.9 Å². The topological polar surface area (TPSA) is 80.3 Å². The van der Waals surface area contributed by atoms with Gasteiger partial charge in [0, 0.05) is 38.3 Å². The molecule has 8 nitrogen and oxygen atoms in total. The zero-order valence-corrected chi connectivity index (χ0v) is 15.6. The molecule has 0 spiro atoms. The summed E-state index contributed by atoms with van der Waals surface area (Å²) in [5.41, 5.74) is 0.572. The van der Waals surface area contributed by atoms with E-state index < -0.39 is 0 Å². The second-order valence-corrected chi connectivity index (χ2v) is 5.66. The number of anilines is 1. The summed E-state index contributed by atoms with van der Waals surface area (Å²) in [6.07, 6.45) is 0.810. The fourth-order valence-corrected chi connectivity index (χ4v) is 2.69. The van der Waals surface area contributed by atoms with Crippen LogP contribution in [0.4, 0.5) is 10.5 Å². The molecule has 1 aromatic carbocycles. The summed E-state index contributed by atoms with van der Waals surface area (Å²) in [7, 11) is 0. The fourth-order valence-electron chi connectivity index (χ4n) is 2.69. The van der Waals surface area contributed by atoms with Crippen LogP contribution in [0.25, 0.3) is 0 Å². The highest BCUT2D eigenvalue weighted by atomic mass is 16.5. The molecule has 2 rings (SSSR count). The average molecular weight is 365 g/mol. The van der Waals surface area contributed by atoms with Crippen molar-refractivity contribution in [3.63, 3.8) is 0 Å².